The molecule has 0 aliphatic carbocycles. The minimum Gasteiger partial charge on any atom is -0.506 e. The van der Waals surface area contributed by atoms with Crippen molar-refractivity contribution >= 4 is 57.4 Å². The van der Waals surface area contributed by atoms with Crippen LogP contribution in [0, 0.1) is 17.3 Å². The van der Waals surface area contributed by atoms with E-state index in [2.05, 4.69) is 38.2 Å². The van der Waals surface area contributed by atoms with Crippen LogP contribution >= 0.6 is 45.2 Å². The van der Waals surface area contributed by atoms with Gasteiger partial charge < -0.3 is 10.8 Å². The molecule has 4 N–H and O–H groups in total. The summed E-state index contributed by atoms with van der Waals surface area (Å²) in [5.74, 6) is -0.373. The van der Waals surface area contributed by atoms with Gasteiger partial charge in [-0.1, -0.05) is 0 Å². The van der Waals surface area contributed by atoms with E-state index in [-0.39, 0.29) is 5.75 Å². The van der Waals surface area contributed by atoms with Gasteiger partial charge in [0, 0.05) is 9.13 Å². The Labute approximate surface area is 129 Å². The van der Waals surface area contributed by atoms with Crippen molar-refractivity contribution in [2.45, 2.75) is 0 Å². The van der Waals surface area contributed by atoms with Crippen LogP contribution in [-0.4, -0.2) is 22.3 Å². The van der Waals surface area contributed by atoms with Gasteiger partial charge in [0.1, 0.15) is 10.9 Å². The first-order valence-electron chi connectivity index (χ1n) is 4.35. The van der Waals surface area contributed by atoms with E-state index >= 15 is 0 Å². The Morgan fingerprint density at radius 1 is 1.56 bits per heavy atom. The number of halogens is 2. The quantitative estimate of drug-likeness (QED) is 0.198. The third-order valence-corrected chi connectivity index (χ3v) is 3.07. The molecule has 0 fully saturated rings. The standard InChI is InChI=1S/C8H7I2N5O3/c9-5-1-4(7(16)6(10)2-5)3-12-13-8(11)14-15(17)18/h1-3,16H,(H3,11,13,14). The molecule has 0 amide bonds. The number of benzene rings is 1. The molecule has 0 radical (unpaired) electrons. The zero-order valence-electron chi connectivity index (χ0n) is 8.67. The smallest absolute Gasteiger partial charge is 0.286 e. The number of aromatic hydroxyl groups is 1. The molecule has 0 heterocycles. The van der Waals surface area contributed by atoms with Gasteiger partial charge in [0.2, 0.25) is 0 Å². The number of nitro groups is 1. The minimum atomic E-state index is -0.941. The van der Waals surface area contributed by atoms with Crippen LogP contribution in [0.4, 0.5) is 0 Å². The molecule has 0 unspecified atom stereocenters. The predicted molar refractivity (Wildman–Crippen MR) is 82.9 cm³/mol. The summed E-state index contributed by atoms with van der Waals surface area (Å²) < 4.78 is 1.59. The molecule has 0 bridgehead atoms. The average Bonchev–Trinajstić information content (AvgIpc) is 2.23. The second-order valence-electron chi connectivity index (χ2n) is 2.92. The van der Waals surface area contributed by atoms with Gasteiger partial charge in [-0.3, -0.25) is 0 Å². The van der Waals surface area contributed by atoms with Crippen LogP contribution in [0.5, 0.6) is 5.75 Å². The maximum Gasteiger partial charge on any atom is 0.286 e. The predicted octanol–water partition coefficient (Wildman–Crippen LogP) is 1.03. The highest BCUT2D eigenvalue weighted by Gasteiger charge is 2.05. The summed E-state index contributed by atoms with van der Waals surface area (Å²) in [4.78, 5) is 9.99. The van der Waals surface area contributed by atoms with Crippen molar-refractivity contribution in [3.63, 3.8) is 0 Å². The Balaban J connectivity index is 2.83. The molecule has 0 atom stereocenters. The summed E-state index contributed by atoms with van der Waals surface area (Å²) in [6.07, 6.45) is 1.29. The number of phenols is 1. The number of hydrogen-bond donors (Lipinski definition) is 3. The number of nitrogens with zero attached hydrogens (tertiary/aromatic N) is 3. The molecular formula is C8H7I2N5O3. The van der Waals surface area contributed by atoms with E-state index in [1.807, 2.05) is 22.6 Å². The maximum absolute atomic E-state index is 9.99. The number of hydrogen-bond acceptors (Lipinski definition) is 4. The van der Waals surface area contributed by atoms with Crippen molar-refractivity contribution in [2.75, 3.05) is 0 Å². The summed E-state index contributed by atoms with van der Waals surface area (Å²) in [5.41, 5.74) is 7.79. The molecule has 1 rings (SSSR count). The Morgan fingerprint density at radius 2 is 2.22 bits per heavy atom. The van der Waals surface area contributed by atoms with Gasteiger partial charge in [-0.25, -0.2) is 15.5 Å². The van der Waals surface area contributed by atoms with E-state index in [1.54, 1.807) is 12.1 Å². The van der Waals surface area contributed by atoms with Crippen molar-refractivity contribution in [1.29, 1.82) is 0 Å². The molecule has 8 nitrogen and oxygen atoms in total. The van der Waals surface area contributed by atoms with Gasteiger partial charge in [0.25, 0.3) is 5.96 Å². The first-order valence-corrected chi connectivity index (χ1v) is 6.51. The van der Waals surface area contributed by atoms with Crippen LogP contribution in [0.15, 0.2) is 22.3 Å². The molecule has 0 saturated carbocycles. The topological polar surface area (TPSA) is 126 Å². The minimum absolute atomic E-state index is 0.0753. The lowest BCUT2D eigenvalue weighted by Gasteiger charge is -2.02. The lowest BCUT2D eigenvalue weighted by Crippen LogP contribution is -2.28. The van der Waals surface area contributed by atoms with E-state index < -0.39 is 11.0 Å². The maximum atomic E-state index is 9.99. The van der Waals surface area contributed by atoms with Crippen molar-refractivity contribution < 1.29 is 10.1 Å². The fraction of sp³-hybridized carbons (Fsp3) is 0. The van der Waals surface area contributed by atoms with Gasteiger partial charge in [-0.2, -0.15) is 5.10 Å². The summed E-state index contributed by atoms with van der Waals surface area (Å²) in [7, 11) is 0. The molecule has 96 valence electrons. The van der Waals surface area contributed by atoms with Crippen LogP contribution in [0.25, 0.3) is 0 Å². The Bertz CT molecular complexity index is 532. The zero-order chi connectivity index (χ0) is 13.7. The van der Waals surface area contributed by atoms with Crippen LogP contribution < -0.4 is 11.2 Å². The van der Waals surface area contributed by atoms with Gasteiger partial charge >= 0.3 is 0 Å². The highest BCUT2D eigenvalue weighted by Crippen LogP contribution is 2.25. The molecule has 0 saturated heterocycles. The SMILES string of the molecule is NC(=N[N+](=O)[O-])NN=Cc1cc(I)cc(I)c1O. The monoisotopic (exact) mass is 475 g/mol. The van der Waals surface area contributed by atoms with Crippen LogP contribution in [0.2, 0.25) is 0 Å². The molecule has 0 aromatic heterocycles. The fourth-order valence-electron chi connectivity index (χ4n) is 0.963. The summed E-state index contributed by atoms with van der Waals surface area (Å²) in [6, 6.07) is 3.49. The van der Waals surface area contributed by atoms with Crippen LogP contribution in [0.1, 0.15) is 5.56 Å². The lowest BCUT2D eigenvalue weighted by atomic mass is 10.2. The number of phenolic OH excluding ortho intramolecular Hbond substituents is 1. The number of nitrogens with one attached hydrogen (secondary N) is 1. The zero-order valence-corrected chi connectivity index (χ0v) is 13.0. The van der Waals surface area contributed by atoms with Gasteiger partial charge in [-0.05, 0) is 57.3 Å². The van der Waals surface area contributed by atoms with E-state index in [0.29, 0.717) is 9.13 Å². The average molecular weight is 475 g/mol. The van der Waals surface area contributed by atoms with E-state index in [9.17, 15) is 15.2 Å². The lowest BCUT2D eigenvalue weighted by molar-refractivity contribution is -0.485. The molecule has 1 aromatic rings. The Morgan fingerprint density at radius 3 is 2.83 bits per heavy atom. The number of rotatable bonds is 3. The van der Waals surface area contributed by atoms with Crippen molar-refractivity contribution in [3.8, 4) is 5.75 Å². The molecule has 10 heteroatoms. The summed E-state index contributed by atoms with van der Waals surface area (Å²) in [5, 5.41) is 25.2. The molecule has 1 aromatic carbocycles. The highest BCUT2D eigenvalue weighted by atomic mass is 127. The number of nitrogens with two attached hydrogens (primary N) is 1. The first kappa shape index (κ1) is 14.9. The van der Waals surface area contributed by atoms with Gasteiger partial charge in [0.05, 0.1) is 9.78 Å². The Kier molecular flexibility index (Phi) is 5.52. The summed E-state index contributed by atoms with van der Waals surface area (Å²) in [6.45, 7) is 0. The molecule has 0 aliphatic rings. The molecular weight excluding hydrogens is 468 g/mol. The van der Waals surface area contributed by atoms with Crippen molar-refractivity contribution in [3.05, 3.63) is 35.0 Å². The van der Waals surface area contributed by atoms with Gasteiger partial charge in [0.15, 0.2) is 5.03 Å². The fourth-order valence-corrected chi connectivity index (χ4v) is 2.85. The van der Waals surface area contributed by atoms with Crippen LogP contribution in [-0.2, 0) is 0 Å². The second-order valence-corrected chi connectivity index (χ2v) is 5.33. The number of guanidine groups is 1. The van der Waals surface area contributed by atoms with Crippen molar-refractivity contribution in [2.24, 2.45) is 15.9 Å². The normalized spacial score (nSPS) is 11.8. The summed E-state index contributed by atoms with van der Waals surface area (Å²) >= 11 is 4.08. The van der Waals surface area contributed by atoms with Gasteiger partial charge in [-0.15, -0.1) is 0 Å². The highest BCUT2D eigenvalue weighted by molar-refractivity contribution is 14.1. The second kappa shape index (κ2) is 6.67. The third kappa shape index (κ3) is 4.59. The Hall–Kier alpha value is -1.18. The molecule has 18 heavy (non-hydrogen) atoms. The van der Waals surface area contributed by atoms with Crippen LogP contribution in [0.3, 0.4) is 0 Å². The van der Waals surface area contributed by atoms with Crippen molar-refractivity contribution in [1.82, 2.24) is 5.43 Å². The largest absolute Gasteiger partial charge is 0.506 e. The number of hydrazone groups is 2. The van der Waals surface area contributed by atoms with E-state index in [4.69, 9.17) is 5.73 Å². The third-order valence-electron chi connectivity index (χ3n) is 1.63. The first-order chi connectivity index (χ1) is 8.40. The van der Waals surface area contributed by atoms with E-state index in [1.165, 1.54) is 6.21 Å². The molecule has 0 aliphatic heterocycles. The van der Waals surface area contributed by atoms with E-state index in [0.717, 1.165) is 3.57 Å². The molecule has 0 spiro atoms.